The first-order valence-electron chi connectivity index (χ1n) is 6.23. The molecule has 0 amide bonds. The topological polar surface area (TPSA) is 74.7 Å². The van der Waals surface area contributed by atoms with Crippen molar-refractivity contribution in [1.82, 2.24) is 4.31 Å². The minimum Gasteiger partial charge on any atom is -0.480 e. The first kappa shape index (κ1) is 12.8. The number of carboxylic acids is 1. The Bertz CT molecular complexity index is 396. The molecule has 2 aliphatic rings. The molecule has 2 fully saturated rings. The standard InChI is InChI=1S/C11H19NO4S/c13-10(14)11(6-3-1-2-4-7-11)12-8-5-9-17(12,15)16/h1-9H2,(H,13,14). The number of carboxylic acid groups (broad SMARTS) is 1. The molecule has 0 atom stereocenters. The SMILES string of the molecule is O=C(O)C1(N2CCCS2(=O)=O)CCCCCC1. The van der Waals surface area contributed by atoms with Crippen molar-refractivity contribution < 1.29 is 18.3 Å². The summed E-state index contributed by atoms with van der Waals surface area (Å²) in [4.78, 5) is 11.6. The van der Waals surface area contributed by atoms with Gasteiger partial charge in [-0.1, -0.05) is 25.7 Å². The van der Waals surface area contributed by atoms with Crippen molar-refractivity contribution in [2.24, 2.45) is 0 Å². The minimum absolute atomic E-state index is 0.0992. The summed E-state index contributed by atoms with van der Waals surface area (Å²) in [5, 5.41) is 9.50. The quantitative estimate of drug-likeness (QED) is 0.758. The average molecular weight is 261 g/mol. The van der Waals surface area contributed by atoms with Crippen molar-refractivity contribution in [3.05, 3.63) is 0 Å². The van der Waals surface area contributed by atoms with Crippen LogP contribution in [0.5, 0.6) is 0 Å². The van der Waals surface area contributed by atoms with Crippen LogP contribution in [0.1, 0.15) is 44.9 Å². The molecule has 17 heavy (non-hydrogen) atoms. The highest BCUT2D eigenvalue weighted by Crippen LogP contribution is 2.37. The molecule has 1 aliphatic heterocycles. The molecule has 1 aliphatic carbocycles. The lowest BCUT2D eigenvalue weighted by Crippen LogP contribution is -2.55. The molecule has 1 heterocycles. The van der Waals surface area contributed by atoms with Gasteiger partial charge in [0.2, 0.25) is 10.0 Å². The summed E-state index contributed by atoms with van der Waals surface area (Å²) in [5.74, 6) is -0.868. The van der Waals surface area contributed by atoms with Gasteiger partial charge in [-0.2, -0.15) is 4.31 Å². The second kappa shape index (κ2) is 4.57. The van der Waals surface area contributed by atoms with Gasteiger partial charge in [-0.15, -0.1) is 0 Å². The molecule has 5 nitrogen and oxygen atoms in total. The summed E-state index contributed by atoms with van der Waals surface area (Å²) in [6.45, 7) is 0.370. The van der Waals surface area contributed by atoms with Gasteiger partial charge >= 0.3 is 5.97 Å². The van der Waals surface area contributed by atoms with Gasteiger partial charge in [0.1, 0.15) is 5.54 Å². The zero-order chi connectivity index (χ0) is 12.5. The van der Waals surface area contributed by atoms with Crippen LogP contribution in [0.3, 0.4) is 0 Å². The average Bonchev–Trinajstić information content (AvgIpc) is 2.52. The Morgan fingerprint density at radius 2 is 1.65 bits per heavy atom. The van der Waals surface area contributed by atoms with Crippen molar-refractivity contribution in [3.8, 4) is 0 Å². The Balaban J connectivity index is 2.36. The number of nitrogens with zero attached hydrogens (tertiary/aromatic N) is 1. The minimum atomic E-state index is -3.35. The predicted octanol–water partition coefficient (Wildman–Crippen LogP) is 1.20. The van der Waals surface area contributed by atoms with Gasteiger partial charge in [0.25, 0.3) is 0 Å². The number of rotatable bonds is 2. The number of sulfonamides is 1. The van der Waals surface area contributed by atoms with E-state index in [0.29, 0.717) is 25.8 Å². The van der Waals surface area contributed by atoms with Gasteiger partial charge in [-0.05, 0) is 19.3 Å². The highest BCUT2D eigenvalue weighted by molar-refractivity contribution is 7.89. The molecule has 1 saturated carbocycles. The predicted molar refractivity (Wildman–Crippen MR) is 63.2 cm³/mol. The Hall–Kier alpha value is -0.620. The maximum absolute atomic E-state index is 11.9. The number of carbonyl (C=O) groups is 1. The smallest absolute Gasteiger partial charge is 0.325 e. The third-order valence-electron chi connectivity index (χ3n) is 3.91. The number of aliphatic carboxylic acids is 1. The zero-order valence-corrected chi connectivity index (χ0v) is 10.7. The molecular weight excluding hydrogens is 242 g/mol. The first-order chi connectivity index (χ1) is 7.99. The molecule has 0 aromatic carbocycles. The van der Waals surface area contributed by atoms with Crippen molar-refractivity contribution in [3.63, 3.8) is 0 Å². The molecule has 0 bridgehead atoms. The molecule has 2 rings (SSSR count). The van der Waals surface area contributed by atoms with E-state index in [4.69, 9.17) is 0 Å². The van der Waals surface area contributed by atoms with Crippen LogP contribution in [-0.2, 0) is 14.8 Å². The van der Waals surface area contributed by atoms with E-state index in [1.807, 2.05) is 0 Å². The van der Waals surface area contributed by atoms with E-state index in [2.05, 4.69) is 0 Å². The van der Waals surface area contributed by atoms with Crippen LogP contribution in [0.2, 0.25) is 0 Å². The maximum Gasteiger partial charge on any atom is 0.325 e. The van der Waals surface area contributed by atoms with E-state index in [0.717, 1.165) is 25.7 Å². The molecule has 0 spiro atoms. The molecular formula is C11H19NO4S. The van der Waals surface area contributed by atoms with Crippen LogP contribution in [0.25, 0.3) is 0 Å². The fourth-order valence-corrected chi connectivity index (χ4v) is 4.92. The maximum atomic E-state index is 11.9. The lowest BCUT2D eigenvalue weighted by Gasteiger charge is -2.36. The normalized spacial score (nSPS) is 28.7. The third-order valence-corrected chi connectivity index (χ3v) is 5.91. The summed E-state index contributed by atoms with van der Waals surface area (Å²) >= 11 is 0. The third kappa shape index (κ3) is 2.20. The lowest BCUT2D eigenvalue weighted by atomic mass is 9.90. The monoisotopic (exact) mass is 261 g/mol. The van der Waals surface area contributed by atoms with E-state index in [-0.39, 0.29) is 5.75 Å². The van der Waals surface area contributed by atoms with E-state index in [1.165, 1.54) is 4.31 Å². The second-order valence-corrected chi connectivity index (χ2v) is 7.01. The van der Waals surface area contributed by atoms with Crippen LogP contribution in [0, 0.1) is 0 Å². The lowest BCUT2D eigenvalue weighted by molar-refractivity contribution is -0.149. The van der Waals surface area contributed by atoms with Gasteiger partial charge in [-0.3, -0.25) is 4.79 Å². The van der Waals surface area contributed by atoms with E-state index in [1.54, 1.807) is 0 Å². The van der Waals surface area contributed by atoms with Crippen LogP contribution < -0.4 is 0 Å². The Morgan fingerprint density at radius 3 is 2.06 bits per heavy atom. The molecule has 0 aromatic heterocycles. The van der Waals surface area contributed by atoms with E-state index < -0.39 is 21.5 Å². The van der Waals surface area contributed by atoms with Crippen LogP contribution >= 0.6 is 0 Å². The summed E-state index contributed by atoms with van der Waals surface area (Å²) in [7, 11) is -3.35. The summed E-state index contributed by atoms with van der Waals surface area (Å²) in [5.41, 5.74) is -1.16. The summed E-state index contributed by atoms with van der Waals surface area (Å²) in [6.07, 6.45) is 5.09. The van der Waals surface area contributed by atoms with Gasteiger partial charge in [-0.25, -0.2) is 8.42 Å². The largest absolute Gasteiger partial charge is 0.480 e. The first-order valence-corrected chi connectivity index (χ1v) is 7.84. The highest BCUT2D eigenvalue weighted by Gasteiger charge is 2.51. The number of hydrogen-bond acceptors (Lipinski definition) is 3. The molecule has 98 valence electrons. The van der Waals surface area contributed by atoms with Crippen LogP contribution in [0.4, 0.5) is 0 Å². The zero-order valence-electron chi connectivity index (χ0n) is 9.89. The fourth-order valence-electron chi connectivity index (χ4n) is 3.00. The molecule has 6 heteroatoms. The van der Waals surface area contributed by atoms with E-state index >= 15 is 0 Å². The molecule has 1 saturated heterocycles. The Labute approximate surface area is 102 Å². The fraction of sp³-hybridized carbons (Fsp3) is 0.909. The second-order valence-electron chi connectivity index (χ2n) is 4.99. The van der Waals surface area contributed by atoms with Gasteiger partial charge in [0, 0.05) is 6.54 Å². The van der Waals surface area contributed by atoms with Crippen LogP contribution in [-0.4, -0.2) is 41.6 Å². The summed E-state index contributed by atoms with van der Waals surface area (Å²) < 4.78 is 25.2. The Kier molecular flexibility index (Phi) is 3.45. The van der Waals surface area contributed by atoms with Gasteiger partial charge < -0.3 is 5.11 Å². The van der Waals surface area contributed by atoms with Gasteiger partial charge in [0.05, 0.1) is 5.75 Å². The molecule has 0 radical (unpaired) electrons. The summed E-state index contributed by atoms with van der Waals surface area (Å²) in [6, 6.07) is 0. The van der Waals surface area contributed by atoms with Gasteiger partial charge in [0.15, 0.2) is 0 Å². The molecule has 1 N–H and O–H groups in total. The Morgan fingerprint density at radius 1 is 1.06 bits per heavy atom. The van der Waals surface area contributed by atoms with Crippen molar-refractivity contribution in [2.75, 3.05) is 12.3 Å². The molecule has 0 aromatic rings. The van der Waals surface area contributed by atoms with Crippen LogP contribution in [0.15, 0.2) is 0 Å². The highest BCUT2D eigenvalue weighted by atomic mass is 32.2. The molecule has 0 unspecified atom stereocenters. The van der Waals surface area contributed by atoms with Crippen molar-refractivity contribution >= 4 is 16.0 Å². The number of hydrogen-bond donors (Lipinski definition) is 1. The van der Waals surface area contributed by atoms with Crippen molar-refractivity contribution in [1.29, 1.82) is 0 Å². The van der Waals surface area contributed by atoms with Crippen molar-refractivity contribution in [2.45, 2.75) is 50.5 Å². The van der Waals surface area contributed by atoms with E-state index in [9.17, 15) is 18.3 Å².